The van der Waals surface area contributed by atoms with Crippen molar-refractivity contribution < 1.29 is 9.15 Å². The van der Waals surface area contributed by atoms with E-state index in [0.29, 0.717) is 0 Å². The molecule has 106 valence electrons. The summed E-state index contributed by atoms with van der Waals surface area (Å²) in [6.45, 7) is 2.04. The minimum atomic E-state index is -0.260. The molecule has 21 heavy (non-hydrogen) atoms. The number of aryl methyl sites for hydroxylation is 1. The number of fused-ring (bicyclic) bond motifs is 2. The molecule has 2 N–H and O–H groups in total. The molecule has 0 radical (unpaired) electrons. The van der Waals surface area contributed by atoms with Gasteiger partial charge in [0.25, 0.3) is 0 Å². The number of hydrogen-bond donors (Lipinski definition) is 1. The van der Waals surface area contributed by atoms with Crippen LogP contribution in [-0.2, 0) is 6.42 Å². The third kappa shape index (κ3) is 2.01. The van der Waals surface area contributed by atoms with E-state index in [2.05, 4.69) is 6.07 Å². The first-order valence-electron chi connectivity index (χ1n) is 7.21. The van der Waals surface area contributed by atoms with Gasteiger partial charge in [0.2, 0.25) is 0 Å². The molecule has 2 aromatic carbocycles. The third-order valence-corrected chi connectivity index (χ3v) is 4.16. The van der Waals surface area contributed by atoms with Crippen LogP contribution >= 0.6 is 0 Å². The Morgan fingerprint density at radius 2 is 2.00 bits per heavy atom. The van der Waals surface area contributed by atoms with E-state index >= 15 is 0 Å². The second-order valence-corrected chi connectivity index (χ2v) is 5.64. The van der Waals surface area contributed by atoms with Gasteiger partial charge in [-0.05, 0) is 30.2 Å². The minimum Gasteiger partial charge on any atom is -0.488 e. The van der Waals surface area contributed by atoms with Crippen LogP contribution in [0.5, 0.6) is 5.75 Å². The van der Waals surface area contributed by atoms with Crippen LogP contribution in [0.25, 0.3) is 11.0 Å². The van der Waals surface area contributed by atoms with Crippen LogP contribution in [0, 0.1) is 6.92 Å². The Morgan fingerprint density at radius 3 is 2.81 bits per heavy atom. The van der Waals surface area contributed by atoms with E-state index in [0.717, 1.165) is 34.5 Å². The van der Waals surface area contributed by atoms with Gasteiger partial charge in [-0.15, -0.1) is 0 Å². The van der Waals surface area contributed by atoms with E-state index in [4.69, 9.17) is 14.9 Å². The Bertz CT molecular complexity index is 781. The highest BCUT2D eigenvalue weighted by molar-refractivity contribution is 5.81. The summed E-state index contributed by atoms with van der Waals surface area (Å²) in [7, 11) is 0. The van der Waals surface area contributed by atoms with Crippen molar-refractivity contribution in [2.24, 2.45) is 5.73 Å². The zero-order chi connectivity index (χ0) is 14.4. The Kier molecular flexibility index (Phi) is 2.76. The average molecular weight is 279 g/mol. The Labute approximate surface area is 123 Å². The average Bonchev–Trinajstić information content (AvgIpc) is 3.11. The van der Waals surface area contributed by atoms with Crippen molar-refractivity contribution in [1.29, 1.82) is 0 Å². The molecule has 3 nitrogen and oxygen atoms in total. The summed E-state index contributed by atoms with van der Waals surface area (Å²) in [5.41, 5.74) is 9.63. The van der Waals surface area contributed by atoms with Gasteiger partial charge in [0.1, 0.15) is 29.2 Å². The number of ether oxygens (including phenoxy) is 1. The van der Waals surface area contributed by atoms with Gasteiger partial charge in [-0.3, -0.25) is 0 Å². The van der Waals surface area contributed by atoms with Crippen molar-refractivity contribution >= 4 is 11.0 Å². The van der Waals surface area contributed by atoms with E-state index in [-0.39, 0.29) is 12.1 Å². The topological polar surface area (TPSA) is 48.4 Å². The molecule has 0 saturated carbocycles. The highest BCUT2D eigenvalue weighted by atomic mass is 16.5. The zero-order valence-electron chi connectivity index (χ0n) is 11.9. The highest BCUT2D eigenvalue weighted by Gasteiger charge is 2.30. The highest BCUT2D eigenvalue weighted by Crippen LogP contribution is 2.35. The van der Waals surface area contributed by atoms with E-state index in [1.54, 1.807) is 0 Å². The SMILES string of the molecule is Cc1cccc2cc(C(N)C3Cc4ccccc4O3)oc12. The number of furan rings is 1. The molecule has 0 fully saturated rings. The maximum atomic E-state index is 6.37. The molecule has 0 saturated heterocycles. The second-order valence-electron chi connectivity index (χ2n) is 5.64. The molecule has 2 atom stereocenters. The number of nitrogens with two attached hydrogens (primary N) is 1. The molecule has 1 aromatic heterocycles. The number of para-hydroxylation sites is 2. The lowest BCUT2D eigenvalue weighted by atomic mass is 10.0. The summed E-state index contributed by atoms with van der Waals surface area (Å²) < 4.78 is 11.9. The van der Waals surface area contributed by atoms with Crippen molar-refractivity contribution in [1.82, 2.24) is 0 Å². The molecule has 0 spiro atoms. The molecule has 2 unspecified atom stereocenters. The molecule has 0 bridgehead atoms. The van der Waals surface area contributed by atoms with Gasteiger partial charge >= 0.3 is 0 Å². The number of benzene rings is 2. The molecule has 2 heterocycles. The Morgan fingerprint density at radius 1 is 1.14 bits per heavy atom. The maximum Gasteiger partial charge on any atom is 0.137 e. The quantitative estimate of drug-likeness (QED) is 0.777. The van der Waals surface area contributed by atoms with E-state index < -0.39 is 0 Å². The van der Waals surface area contributed by atoms with Crippen LogP contribution < -0.4 is 10.5 Å². The lowest BCUT2D eigenvalue weighted by Crippen LogP contribution is -2.29. The van der Waals surface area contributed by atoms with Gasteiger partial charge in [-0.25, -0.2) is 0 Å². The molecule has 1 aliphatic rings. The first-order chi connectivity index (χ1) is 10.2. The zero-order valence-corrected chi connectivity index (χ0v) is 11.9. The second kappa shape index (κ2) is 4.64. The van der Waals surface area contributed by atoms with Crippen LogP contribution in [0.1, 0.15) is 22.9 Å². The fourth-order valence-electron chi connectivity index (χ4n) is 2.99. The largest absolute Gasteiger partial charge is 0.488 e. The summed E-state index contributed by atoms with van der Waals surface area (Å²) in [4.78, 5) is 0. The minimum absolute atomic E-state index is 0.0664. The standard InChI is InChI=1S/C18H17NO2/c1-11-5-4-7-13-10-16(21-18(11)13)17(19)15-9-12-6-2-3-8-14(12)20-15/h2-8,10,15,17H,9,19H2,1H3. The van der Waals surface area contributed by atoms with Crippen LogP contribution in [0.2, 0.25) is 0 Å². The lowest BCUT2D eigenvalue weighted by molar-refractivity contribution is 0.188. The van der Waals surface area contributed by atoms with Gasteiger partial charge < -0.3 is 14.9 Å². The summed E-state index contributed by atoms with van der Waals surface area (Å²) >= 11 is 0. The summed E-state index contributed by atoms with van der Waals surface area (Å²) in [6, 6.07) is 16.0. The molecule has 3 aromatic rings. The first kappa shape index (κ1) is 12.5. The van der Waals surface area contributed by atoms with Crippen LogP contribution in [0.15, 0.2) is 52.9 Å². The first-order valence-corrected chi connectivity index (χ1v) is 7.21. The van der Waals surface area contributed by atoms with Gasteiger partial charge in [0.05, 0.1) is 0 Å². The fraction of sp³-hybridized carbons (Fsp3) is 0.222. The lowest BCUT2D eigenvalue weighted by Gasteiger charge is -2.16. The summed E-state index contributed by atoms with van der Waals surface area (Å²) in [6.07, 6.45) is 0.760. The van der Waals surface area contributed by atoms with Crippen molar-refractivity contribution in [3.63, 3.8) is 0 Å². The predicted molar refractivity (Wildman–Crippen MR) is 82.4 cm³/mol. The van der Waals surface area contributed by atoms with E-state index in [1.165, 1.54) is 5.56 Å². The van der Waals surface area contributed by atoms with Gasteiger partial charge in [-0.2, -0.15) is 0 Å². The van der Waals surface area contributed by atoms with Crippen molar-refractivity contribution in [2.75, 3.05) is 0 Å². The van der Waals surface area contributed by atoms with Gasteiger partial charge in [0, 0.05) is 11.8 Å². The van der Waals surface area contributed by atoms with Gasteiger partial charge in [0.15, 0.2) is 0 Å². The molecule has 0 aliphatic carbocycles. The van der Waals surface area contributed by atoms with Gasteiger partial charge in [-0.1, -0.05) is 36.4 Å². The van der Waals surface area contributed by atoms with Crippen molar-refractivity contribution in [2.45, 2.75) is 25.5 Å². The monoisotopic (exact) mass is 279 g/mol. The number of rotatable bonds is 2. The summed E-state index contributed by atoms with van der Waals surface area (Å²) in [5, 5.41) is 1.09. The van der Waals surface area contributed by atoms with Crippen molar-refractivity contribution in [3.8, 4) is 5.75 Å². The van der Waals surface area contributed by atoms with Crippen LogP contribution in [0.4, 0.5) is 0 Å². The normalized spacial score (nSPS) is 18.5. The number of hydrogen-bond acceptors (Lipinski definition) is 3. The smallest absolute Gasteiger partial charge is 0.137 e. The summed E-state index contributed by atoms with van der Waals surface area (Å²) in [5.74, 6) is 1.72. The molecule has 3 heteroatoms. The molecule has 4 rings (SSSR count). The maximum absolute atomic E-state index is 6.37. The van der Waals surface area contributed by atoms with Crippen LogP contribution in [-0.4, -0.2) is 6.10 Å². The Balaban J connectivity index is 1.66. The van der Waals surface area contributed by atoms with E-state index in [9.17, 15) is 0 Å². The molecular formula is C18H17NO2. The van der Waals surface area contributed by atoms with E-state index in [1.807, 2.05) is 49.4 Å². The van der Waals surface area contributed by atoms with Crippen LogP contribution in [0.3, 0.4) is 0 Å². The fourth-order valence-corrected chi connectivity index (χ4v) is 2.99. The third-order valence-electron chi connectivity index (χ3n) is 4.16. The van der Waals surface area contributed by atoms with Crippen molar-refractivity contribution in [3.05, 3.63) is 65.4 Å². The molecular weight excluding hydrogens is 262 g/mol. The predicted octanol–water partition coefficient (Wildman–Crippen LogP) is 3.74. The Hall–Kier alpha value is -2.26. The molecule has 0 amide bonds. The molecule has 1 aliphatic heterocycles.